The molecule has 2 aromatic carbocycles. The van der Waals surface area contributed by atoms with E-state index in [-0.39, 0.29) is 11.6 Å². The summed E-state index contributed by atoms with van der Waals surface area (Å²) in [6, 6.07) is 20.4. The van der Waals surface area contributed by atoms with E-state index in [4.69, 9.17) is 4.74 Å². The molecule has 25 heavy (non-hydrogen) atoms. The van der Waals surface area contributed by atoms with E-state index in [9.17, 15) is 4.79 Å². The van der Waals surface area contributed by atoms with E-state index in [0.29, 0.717) is 6.61 Å². The molecule has 0 aromatic heterocycles. The molecule has 2 aliphatic rings. The number of nitrogens with zero attached hydrogens (tertiary/aromatic N) is 2. The molecule has 4 rings (SSSR count). The maximum absolute atomic E-state index is 12.6. The summed E-state index contributed by atoms with van der Waals surface area (Å²) in [5.41, 5.74) is 2.36. The van der Waals surface area contributed by atoms with Crippen molar-refractivity contribution in [2.75, 3.05) is 19.6 Å². The molecule has 1 aliphatic heterocycles. The standard InChI is InChI=1S/C21H24N2O2/c24-20(25-16-19-9-5-2-6-10-19)23-14-13-22(17-21(23)11-12-21)15-18-7-3-1-4-8-18/h1-10H,11-17H2. The van der Waals surface area contributed by atoms with Crippen molar-refractivity contribution in [1.82, 2.24) is 9.80 Å². The summed E-state index contributed by atoms with van der Waals surface area (Å²) in [5, 5.41) is 0. The summed E-state index contributed by atoms with van der Waals surface area (Å²) in [6.07, 6.45) is 2.00. The van der Waals surface area contributed by atoms with Crippen LogP contribution in [0.3, 0.4) is 0 Å². The first-order valence-electron chi connectivity index (χ1n) is 9.00. The van der Waals surface area contributed by atoms with Crippen molar-refractivity contribution in [3.8, 4) is 0 Å². The van der Waals surface area contributed by atoms with Crippen LogP contribution in [0.5, 0.6) is 0 Å². The minimum absolute atomic E-state index is 0.000795. The molecule has 1 heterocycles. The van der Waals surface area contributed by atoms with E-state index >= 15 is 0 Å². The molecule has 4 heteroatoms. The van der Waals surface area contributed by atoms with Gasteiger partial charge in [-0.3, -0.25) is 9.80 Å². The van der Waals surface area contributed by atoms with Crippen LogP contribution in [0.15, 0.2) is 60.7 Å². The van der Waals surface area contributed by atoms with Crippen LogP contribution in [0.25, 0.3) is 0 Å². The van der Waals surface area contributed by atoms with E-state index in [1.54, 1.807) is 0 Å². The van der Waals surface area contributed by atoms with Crippen molar-refractivity contribution < 1.29 is 9.53 Å². The number of amides is 1. The second kappa shape index (κ2) is 6.89. The minimum Gasteiger partial charge on any atom is -0.445 e. The number of benzene rings is 2. The first kappa shape index (κ1) is 16.2. The van der Waals surface area contributed by atoms with Gasteiger partial charge in [-0.1, -0.05) is 60.7 Å². The first-order valence-corrected chi connectivity index (χ1v) is 9.00. The number of ether oxygens (including phenoxy) is 1. The van der Waals surface area contributed by atoms with Crippen LogP contribution in [-0.2, 0) is 17.9 Å². The normalized spacial score (nSPS) is 19.0. The summed E-state index contributed by atoms with van der Waals surface area (Å²) in [5.74, 6) is 0. The number of rotatable bonds is 4. The molecule has 0 atom stereocenters. The Bertz CT molecular complexity index is 713. The SMILES string of the molecule is O=C(OCc1ccccc1)N1CCN(Cc2ccccc2)CC12CC2. The molecule has 4 nitrogen and oxygen atoms in total. The second-order valence-corrected chi connectivity index (χ2v) is 7.11. The third kappa shape index (κ3) is 3.69. The smallest absolute Gasteiger partial charge is 0.410 e. The van der Waals surface area contributed by atoms with Gasteiger partial charge < -0.3 is 4.74 Å². The molecule has 2 aromatic rings. The quantitative estimate of drug-likeness (QED) is 0.854. The monoisotopic (exact) mass is 336 g/mol. The van der Waals surface area contributed by atoms with Gasteiger partial charge in [0.2, 0.25) is 0 Å². The van der Waals surface area contributed by atoms with Crippen LogP contribution in [0.2, 0.25) is 0 Å². The molecule has 1 amide bonds. The molecule has 0 unspecified atom stereocenters. The van der Waals surface area contributed by atoms with Crippen molar-refractivity contribution in [2.24, 2.45) is 0 Å². The second-order valence-electron chi connectivity index (χ2n) is 7.11. The van der Waals surface area contributed by atoms with Gasteiger partial charge in [0, 0.05) is 26.2 Å². The van der Waals surface area contributed by atoms with Crippen LogP contribution in [0.4, 0.5) is 4.79 Å². The molecular formula is C21H24N2O2. The Morgan fingerprint density at radius 3 is 2.20 bits per heavy atom. The van der Waals surface area contributed by atoms with Gasteiger partial charge in [-0.15, -0.1) is 0 Å². The highest BCUT2D eigenvalue weighted by molar-refractivity contribution is 5.69. The van der Waals surface area contributed by atoms with E-state index < -0.39 is 0 Å². The van der Waals surface area contributed by atoms with E-state index in [0.717, 1.165) is 44.6 Å². The van der Waals surface area contributed by atoms with Crippen molar-refractivity contribution in [3.05, 3.63) is 71.8 Å². The molecule has 130 valence electrons. The fourth-order valence-corrected chi connectivity index (χ4v) is 3.69. The van der Waals surface area contributed by atoms with Gasteiger partial charge in [-0.05, 0) is 24.0 Å². The molecule has 0 bridgehead atoms. The van der Waals surface area contributed by atoms with Gasteiger partial charge in [0.05, 0.1) is 5.54 Å². The zero-order valence-electron chi connectivity index (χ0n) is 14.4. The van der Waals surface area contributed by atoms with Gasteiger partial charge in [-0.25, -0.2) is 4.79 Å². The number of hydrogen-bond acceptors (Lipinski definition) is 3. The van der Waals surface area contributed by atoms with Gasteiger partial charge in [0.15, 0.2) is 0 Å². The highest BCUT2D eigenvalue weighted by Crippen LogP contribution is 2.44. The Labute approximate surface area is 149 Å². The van der Waals surface area contributed by atoms with Crippen LogP contribution in [0, 0.1) is 0 Å². The number of hydrogen-bond donors (Lipinski definition) is 0. The molecular weight excluding hydrogens is 312 g/mol. The average Bonchev–Trinajstić information content (AvgIpc) is 3.41. The zero-order valence-corrected chi connectivity index (χ0v) is 14.4. The Hall–Kier alpha value is -2.33. The van der Waals surface area contributed by atoms with Crippen molar-refractivity contribution >= 4 is 6.09 Å². The average molecular weight is 336 g/mol. The Morgan fingerprint density at radius 1 is 0.920 bits per heavy atom. The Morgan fingerprint density at radius 2 is 1.56 bits per heavy atom. The van der Waals surface area contributed by atoms with Gasteiger partial charge in [0.25, 0.3) is 0 Å². The van der Waals surface area contributed by atoms with E-state index in [1.165, 1.54) is 5.56 Å². The van der Waals surface area contributed by atoms with Crippen molar-refractivity contribution in [2.45, 2.75) is 31.5 Å². The molecule has 1 spiro atoms. The number of carbonyl (C=O) groups is 1. The van der Waals surface area contributed by atoms with Gasteiger partial charge in [0.1, 0.15) is 6.61 Å². The maximum atomic E-state index is 12.6. The molecule has 1 saturated heterocycles. The predicted octanol–water partition coefficient (Wildman–Crippen LogP) is 3.67. The molecule has 1 aliphatic carbocycles. The van der Waals surface area contributed by atoms with Crippen LogP contribution >= 0.6 is 0 Å². The van der Waals surface area contributed by atoms with Crippen molar-refractivity contribution in [3.63, 3.8) is 0 Å². The highest BCUT2D eigenvalue weighted by Gasteiger charge is 2.53. The Kier molecular flexibility index (Phi) is 4.45. The molecule has 0 radical (unpaired) electrons. The predicted molar refractivity (Wildman–Crippen MR) is 97.0 cm³/mol. The molecule has 1 saturated carbocycles. The first-order chi connectivity index (χ1) is 12.3. The minimum atomic E-state index is -0.166. The molecule has 0 N–H and O–H groups in total. The Balaban J connectivity index is 1.34. The number of carbonyl (C=O) groups excluding carboxylic acids is 1. The summed E-state index contributed by atoms with van der Waals surface area (Å²) in [6.45, 7) is 3.90. The lowest BCUT2D eigenvalue weighted by molar-refractivity contribution is 0.0315. The third-order valence-corrected chi connectivity index (χ3v) is 5.23. The van der Waals surface area contributed by atoms with Crippen LogP contribution in [0.1, 0.15) is 24.0 Å². The zero-order chi connectivity index (χ0) is 17.1. The lowest BCUT2D eigenvalue weighted by atomic mass is 10.1. The largest absolute Gasteiger partial charge is 0.445 e. The third-order valence-electron chi connectivity index (χ3n) is 5.23. The summed E-state index contributed by atoms with van der Waals surface area (Å²) in [4.78, 5) is 17.0. The summed E-state index contributed by atoms with van der Waals surface area (Å²) in [7, 11) is 0. The van der Waals surface area contributed by atoms with Crippen molar-refractivity contribution in [1.29, 1.82) is 0 Å². The van der Waals surface area contributed by atoms with E-state index in [2.05, 4.69) is 29.2 Å². The topological polar surface area (TPSA) is 32.8 Å². The van der Waals surface area contributed by atoms with E-state index in [1.807, 2.05) is 41.3 Å². The number of piperazine rings is 1. The maximum Gasteiger partial charge on any atom is 0.410 e. The van der Waals surface area contributed by atoms with Gasteiger partial charge >= 0.3 is 6.09 Å². The fraction of sp³-hybridized carbons (Fsp3) is 0.381. The van der Waals surface area contributed by atoms with Crippen LogP contribution in [-0.4, -0.2) is 41.1 Å². The van der Waals surface area contributed by atoms with Gasteiger partial charge in [-0.2, -0.15) is 0 Å². The summed E-state index contributed by atoms with van der Waals surface area (Å²) >= 11 is 0. The molecule has 2 fully saturated rings. The highest BCUT2D eigenvalue weighted by atomic mass is 16.6. The summed E-state index contributed by atoms with van der Waals surface area (Å²) < 4.78 is 5.57. The fourth-order valence-electron chi connectivity index (χ4n) is 3.69. The van der Waals surface area contributed by atoms with Crippen LogP contribution < -0.4 is 0 Å². The lowest BCUT2D eigenvalue weighted by Gasteiger charge is -2.41. The lowest BCUT2D eigenvalue weighted by Crippen LogP contribution is -2.56.